The van der Waals surface area contributed by atoms with Crippen molar-refractivity contribution in [3.8, 4) is 11.6 Å². The number of pyridine rings is 1. The quantitative estimate of drug-likeness (QED) is 0.611. The molecule has 5 nitrogen and oxygen atoms in total. The van der Waals surface area contributed by atoms with Crippen molar-refractivity contribution in [1.82, 2.24) is 20.0 Å². The molecule has 0 aliphatic rings. The van der Waals surface area contributed by atoms with Gasteiger partial charge in [-0.3, -0.25) is 0 Å². The number of halogens is 6. The van der Waals surface area contributed by atoms with Crippen molar-refractivity contribution < 1.29 is 31.1 Å². The highest BCUT2D eigenvalue weighted by Crippen LogP contribution is 2.29. The molecule has 0 aliphatic heterocycles. The molecule has 3 rings (SSSR count). The number of hydrogen-bond donors (Lipinski definition) is 0. The molecule has 2 aromatic heterocycles. The molecule has 3 aromatic rings. The molecule has 0 N–H and O–H groups in total. The number of alkyl halides is 5. The maximum absolute atomic E-state index is 13.3. The highest BCUT2D eigenvalue weighted by molar-refractivity contribution is 5.36. The van der Waals surface area contributed by atoms with E-state index in [0.717, 1.165) is 28.9 Å². The summed E-state index contributed by atoms with van der Waals surface area (Å²) in [5.41, 5.74) is -1.25. The van der Waals surface area contributed by atoms with Crippen molar-refractivity contribution in [2.45, 2.75) is 19.2 Å². The molecule has 0 saturated carbocycles. The SMILES string of the molecule is Fc1ccc(-n2cc(COc3ccc(C(F)(F)F)cn3)nn2)cc1C(F)F. The molecule has 0 spiro atoms. The zero-order chi connectivity index (χ0) is 19.6. The van der Waals surface area contributed by atoms with Crippen molar-refractivity contribution >= 4 is 0 Å². The first-order valence-corrected chi connectivity index (χ1v) is 7.39. The number of rotatable bonds is 5. The van der Waals surface area contributed by atoms with E-state index in [1.807, 2.05) is 0 Å². The Kier molecular flexibility index (Phi) is 5.02. The van der Waals surface area contributed by atoms with Gasteiger partial charge in [-0.2, -0.15) is 13.2 Å². The summed E-state index contributed by atoms with van der Waals surface area (Å²) >= 11 is 0. The van der Waals surface area contributed by atoms with Gasteiger partial charge in [-0.05, 0) is 24.3 Å². The third-order valence-electron chi connectivity index (χ3n) is 3.45. The van der Waals surface area contributed by atoms with Crippen LogP contribution >= 0.6 is 0 Å². The van der Waals surface area contributed by atoms with Crippen LogP contribution in [0.5, 0.6) is 5.88 Å². The third-order valence-corrected chi connectivity index (χ3v) is 3.45. The second-order valence-corrected chi connectivity index (χ2v) is 5.33. The van der Waals surface area contributed by atoms with Crippen LogP contribution in [0, 0.1) is 5.82 Å². The molecule has 0 amide bonds. The molecular formula is C16H10F6N4O. The monoisotopic (exact) mass is 388 g/mol. The van der Waals surface area contributed by atoms with Crippen LogP contribution in [0.15, 0.2) is 42.7 Å². The molecule has 0 bridgehead atoms. The Morgan fingerprint density at radius 1 is 1.11 bits per heavy atom. The van der Waals surface area contributed by atoms with E-state index in [-0.39, 0.29) is 23.9 Å². The van der Waals surface area contributed by atoms with E-state index in [0.29, 0.717) is 6.20 Å². The fraction of sp³-hybridized carbons (Fsp3) is 0.188. The van der Waals surface area contributed by atoms with Gasteiger partial charge in [-0.15, -0.1) is 5.10 Å². The van der Waals surface area contributed by atoms with Crippen molar-refractivity contribution in [3.63, 3.8) is 0 Å². The lowest BCUT2D eigenvalue weighted by Crippen LogP contribution is -2.06. The van der Waals surface area contributed by atoms with Crippen LogP contribution in [-0.2, 0) is 12.8 Å². The Morgan fingerprint density at radius 2 is 1.89 bits per heavy atom. The molecule has 2 heterocycles. The maximum Gasteiger partial charge on any atom is 0.417 e. The van der Waals surface area contributed by atoms with E-state index in [4.69, 9.17) is 4.74 Å². The van der Waals surface area contributed by atoms with E-state index in [1.54, 1.807) is 0 Å². The summed E-state index contributed by atoms with van der Waals surface area (Å²) in [5, 5.41) is 7.49. The molecule has 1 aromatic carbocycles. The highest BCUT2D eigenvalue weighted by atomic mass is 19.4. The zero-order valence-electron chi connectivity index (χ0n) is 13.3. The lowest BCUT2D eigenvalue weighted by atomic mass is 10.2. The predicted molar refractivity (Wildman–Crippen MR) is 79.8 cm³/mol. The number of hydrogen-bond acceptors (Lipinski definition) is 4. The molecule has 0 saturated heterocycles. The predicted octanol–water partition coefficient (Wildman–Crippen LogP) is 4.34. The van der Waals surface area contributed by atoms with Crippen LogP contribution in [0.2, 0.25) is 0 Å². The molecule has 11 heteroatoms. The summed E-state index contributed by atoms with van der Waals surface area (Å²) in [6.07, 6.45) is -5.49. The van der Waals surface area contributed by atoms with E-state index in [2.05, 4.69) is 15.3 Å². The molecule has 142 valence electrons. The van der Waals surface area contributed by atoms with E-state index >= 15 is 0 Å². The van der Waals surface area contributed by atoms with Gasteiger partial charge in [0.25, 0.3) is 6.43 Å². The summed E-state index contributed by atoms with van der Waals surface area (Å²) in [5.74, 6) is -1.09. The van der Waals surface area contributed by atoms with Gasteiger partial charge in [0.2, 0.25) is 5.88 Å². The van der Waals surface area contributed by atoms with Gasteiger partial charge in [0.05, 0.1) is 23.0 Å². The number of aromatic nitrogens is 4. The lowest BCUT2D eigenvalue weighted by Gasteiger charge is -2.07. The minimum Gasteiger partial charge on any atom is -0.471 e. The Morgan fingerprint density at radius 3 is 2.52 bits per heavy atom. The van der Waals surface area contributed by atoms with Crippen molar-refractivity contribution in [3.05, 3.63) is 65.4 Å². The third kappa shape index (κ3) is 4.36. The zero-order valence-corrected chi connectivity index (χ0v) is 13.3. The number of nitrogens with zero attached hydrogens (tertiary/aromatic N) is 4. The van der Waals surface area contributed by atoms with Gasteiger partial charge in [0, 0.05) is 12.3 Å². The number of benzene rings is 1. The van der Waals surface area contributed by atoms with Gasteiger partial charge in [0.1, 0.15) is 18.1 Å². The van der Waals surface area contributed by atoms with Crippen LogP contribution in [0.4, 0.5) is 26.3 Å². The molecule has 0 unspecified atom stereocenters. The second-order valence-electron chi connectivity index (χ2n) is 5.33. The molecule has 0 aliphatic carbocycles. The summed E-state index contributed by atoms with van der Waals surface area (Å²) < 4.78 is 82.6. The Bertz CT molecular complexity index is 923. The van der Waals surface area contributed by atoms with Crippen molar-refractivity contribution in [2.75, 3.05) is 0 Å². The van der Waals surface area contributed by atoms with E-state index in [1.165, 1.54) is 12.3 Å². The first-order chi connectivity index (χ1) is 12.7. The minimum absolute atomic E-state index is 0.0562. The molecule has 27 heavy (non-hydrogen) atoms. The molecular weight excluding hydrogens is 378 g/mol. The first kappa shape index (κ1) is 18.7. The first-order valence-electron chi connectivity index (χ1n) is 7.39. The van der Waals surface area contributed by atoms with Crippen LogP contribution in [0.25, 0.3) is 5.69 Å². The topological polar surface area (TPSA) is 52.8 Å². The maximum atomic E-state index is 13.3. The fourth-order valence-electron chi connectivity index (χ4n) is 2.11. The summed E-state index contributed by atoms with van der Waals surface area (Å²) in [6, 6.07) is 4.96. The van der Waals surface area contributed by atoms with Gasteiger partial charge >= 0.3 is 6.18 Å². The van der Waals surface area contributed by atoms with Crippen LogP contribution in [0.1, 0.15) is 23.2 Å². The largest absolute Gasteiger partial charge is 0.471 e. The van der Waals surface area contributed by atoms with Crippen LogP contribution in [0.3, 0.4) is 0 Å². The summed E-state index contributed by atoms with van der Waals surface area (Å²) in [6.45, 7) is -0.165. The van der Waals surface area contributed by atoms with Gasteiger partial charge in [-0.1, -0.05) is 5.21 Å². The van der Waals surface area contributed by atoms with E-state index < -0.39 is 29.5 Å². The molecule has 0 fully saturated rings. The average Bonchev–Trinajstić information content (AvgIpc) is 3.09. The fourth-order valence-corrected chi connectivity index (χ4v) is 2.11. The summed E-state index contributed by atoms with van der Waals surface area (Å²) in [7, 11) is 0. The minimum atomic E-state index is -4.50. The number of ether oxygens (including phenoxy) is 1. The lowest BCUT2D eigenvalue weighted by molar-refractivity contribution is -0.137. The van der Waals surface area contributed by atoms with Gasteiger partial charge in [0.15, 0.2) is 0 Å². The van der Waals surface area contributed by atoms with Crippen molar-refractivity contribution in [2.24, 2.45) is 0 Å². The van der Waals surface area contributed by atoms with E-state index in [9.17, 15) is 26.3 Å². The standard InChI is InChI=1S/C16H10F6N4O/c17-13-3-2-11(5-12(13)15(18)19)26-7-10(24-25-26)8-27-14-4-1-9(6-23-14)16(20,21)22/h1-7,15H,8H2. The normalized spacial score (nSPS) is 11.8. The smallest absolute Gasteiger partial charge is 0.417 e. The average molecular weight is 388 g/mol. The van der Waals surface area contributed by atoms with Crippen LogP contribution in [-0.4, -0.2) is 20.0 Å². The highest BCUT2D eigenvalue weighted by Gasteiger charge is 2.30. The molecule has 0 atom stereocenters. The van der Waals surface area contributed by atoms with Gasteiger partial charge in [-0.25, -0.2) is 22.8 Å². The second kappa shape index (κ2) is 7.25. The molecule has 0 radical (unpaired) electrons. The van der Waals surface area contributed by atoms with Crippen molar-refractivity contribution in [1.29, 1.82) is 0 Å². The van der Waals surface area contributed by atoms with Gasteiger partial charge < -0.3 is 4.74 Å². The Balaban J connectivity index is 1.69. The van der Waals surface area contributed by atoms with Crippen LogP contribution < -0.4 is 4.74 Å². The Labute approximate surface area is 148 Å². The Hall–Kier alpha value is -3.11. The summed E-state index contributed by atoms with van der Waals surface area (Å²) in [4.78, 5) is 3.54.